The Balaban J connectivity index is 0.993. The molecule has 0 radical (unpaired) electrons. The minimum atomic E-state index is -0.259. The van der Waals surface area contributed by atoms with Gasteiger partial charge < -0.3 is 18.9 Å². The van der Waals surface area contributed by atoms with Gasteiger partial charge in [0.05, 0.1) is 25.4 Å². The van der Waals surface area contributed by atoms with Crippen molar-refractivity contribution >= 4 is 0 Å². The van der Waals surface area contributed by atoms with Crippen molar-refractivity contribution in [1.82, 2.24) is 0 Å². The van der Waals surface area contributed by atoms with Crippen molar-refractivity contribution in [3.63, 3.8) is 0 Å². The highest BCUT2D eigenvalue weighted by Crippen LogP contribution is 2.41. The van der Waals surface area contributed by atoms with E-state index < -0.39 is 0 Å². The van der Waals surface area contributed by atoms with Gasteiger partial charge in [0.1, 0.15) is 0 Å². The lowest BCUT2D eigenvalue weighted by atomic mass is 9.78. The molecule has 2 aliphatic heterocycles. The number of unbranched alkanes of at least 4 members (excludes halogenated alkanes) is 12. The Labute approximate surface area is 306 Å². The van der Waals surface area contributed by atoms with Crippen LogP contribution in [-0.2, 0) is 18.9 Å². The molecule has 0 bridgehead atoms. The van der Waals surface area contributed by atoms with Crippen LogP contribution in [0.15, 0.2) is 48.5 Å². The predicted molar refractivity (Wildman–Crippen MR) is 208 cm³/mol. The van der Waals surface area contributed by atoms with Crippen LogP contribution in [0.1, 0.15) is 179 Å². The van der Waals surface area contributed by atoms with Crippen molar-refractivity contribution in [2.75, 3.05) is 13.2 Å². The summed E-state index contributed by atoms with van der Waals surface area (Å²) in [5.41, 5.74) is 5.11. The predicted octanol–water partition coefficient (Wildman–Crippen LogP) is 13.3. The quantitative estimate of drug-likeness (QED) is 0.130. The molecule has 2 saturated heterocycles. The Morgan fingerprint density at radius 1 is 0.500 bits per heavy atom. The highest BCUT2D eigenvalue weighted by Gasteiger charge is 2.36. The summed E-state index contributed by atoms with van der Waals surface area (Å²) in [6.45, 7) is 10.8. The zero-order valence-corrected chi connectivity index (χ0v) is 32.4. The van der Waals surface area contributed by atoms with Crippen LogP contribution in [0.25, 0.3) is 11.1 Å². The van der Waals surface area contributed by atoms with Gasteiger partial charge >= 0.3 is 0 Å². The maximum absolute atomic E-state index is 6.50. The molecular formula is C46H72O4. The first-order valence-corrected chi connectivity index (χ1v) is 21.3. The second-order valence-corrected chi connectivity index (χ2v) is 16.2. The summed E-state index contributed by atoms with van der Waals surface area (Å²) in [6.07, 6.45) is 26.6. The third-order valence-electron chi connectivity index (χ3n) is 12.4. The van der Waals surface area contributed by atoms with Gasteiger partial charge in [-0.3, -0.25) is 0 Å². The van der Waals surface area contributed by atoms with Gasteiger partial charge in [-0.25, -0.2) is 0 Å². The lowest BCUT2D eigenvalue weighted by molar-refractivity contribution is -0.257. The normalized spacial score (nSPS) is 28.9. The van der Waals surface area contributed by atoms with E-state index in [1.54, 1.807) is 0 Å². The molecule has 0 spiro atoms. The van der Waals surface area contributed by atoms with E-state index in [0.29, 0.717) is 29.8 Å². The summed E-state index contributed by atoms with van der Waals surface area (Å²) >= 11 is 0. The zero-order valence-electron chi connectivity index (χ0n) is 32.4. The van der Waals surface area contributed by atoms with E-state index in [2.05, 4.69) is 76.2 Å². The Bertz CT molecular complexity index is 1170. The van der Waals surface area contributed by atoms with Crippen molar-refractivity contribution in [3.8, 4) is 11.1 Å². The maximum atomic E-state index is 6.50. The summed E-state index contributed by atoms with van der Waals surface area (Å²) in [6, 6.07) is 18.2. The van der Waals surface area contributed by atoms with Crippen molar-refractivity contribution < 1.29 is 18.9 Å². The van der Waals surface area contributed by atoms with Gasteiger partial charge in [0.15, 0.2) is 12.6 Å². The molecule has 280 valence electrons. The first-order chi connectivity index (χ1) is 24.6. The third-order valence-corrected chi connectivity index (χ3v) is 12.4. The Morgan fingerprint density at radius 2 is 0.960 bits per heavy atom. The van der Waals surface area contributed by atoms with Gasteiger partial charge in [-0.15, -0.1) is 0 Å². The fraction of sp³-hybridized carbons (Fsp3) is 0.739. The third kappa shape index (κ3) is 12.2. The van der Waals surface area contributed by atoms with Gasteiger partial charge in [-0.05, 0) is 75.0 Å². The second kappa shape index (κ2) is 21.7. The van der Waals surface area contributed by atoms with Crippen molar-refractivity contribution in [1.29, 1.82) is 0 Å². The van der Waals surface area contributed by atoms with Gasteiger partial charge in [0.2, 0.25) is 0 Å². The fourth-order valence-electron chi connectivity index (χ4n) is 8.70. The molecule has 4 nitrogen and oxygen atoms in total. The number of hydrogen-bond donors (Lipinski definition) is 0. The maximum Gasteiger partial charge on any atom is 0.184 e. The average Bonchev–Trinajstić information content (AvgIpc) is 3.15. The molecule has 2 aromatic carbocycles. The molecule has 0 amide bonds. The zero-order chi connectivity index (χ0) is 35.0. The van der Waals surface area contributed by atoms with Crippen LogP contribution in [0.5, 0.6) is 0 Å². The highest BCUT2D eigenvalue weighted by atomic mass is 16.7. The van der Waals surface area contributed by atoms with Gasteiger partial charge in [0, 0.05) is 23.3 Å². The minimum Gasteiger partial charge on any atom is -0.352 e. The summed E-state index contributed by atoms with van der Waals surface area (Å²) in [4.78, 5) is 0. The Kier molecular flexibility index (Phi) is 17.2. The Morgan fingerprint density at radius 3 is 1.46 bits per heavy atom. The van der Waals surface area contributed by atoms with E-state index in [9.17, 15) is 0 Å². The summed E-state index contributed by atoms with van der Waals surface area (Å²) in [5.74, 6) is 2.22. The lowest BCUT2D eigenvalue weighted by Crippen LogP contribution is -2.42. The Hall–Kier alpha value is -1.72. The lowest BCUT2D eigenvalue weighted by Gasteiger charge is -2.40. The number of benzene rings is 2. The standard InChI is InChI=1S/C46H72O4/c1-5-7-9-11-13-15-17-19-43-33-47-45(49-35(43)3)41-29-25-39(26-30-41)37-21-23-38(24-22-37)40-27-31-42(32-28-40)46-48-34-44(36(4)50-46)20-18-16-14-12-10-8-6-2/h21-26,29-30,35-36,40,42-46H,5-20,27-28,31-34H2,1-4H3/t35?,36-,40?,42?,43+,44+,45+,46+/m0/s1. The smallest absolute Gasteiger partial charge is 0.184 e. The molecule has 1 unspecified atom stereocenters. The molecule has 50 heavy (non-hydrogen) atoms. The molecule has 1 saturated carbocycles. The fourth-order valence-corrected chi connectivity index (χ4v) is 8.70. The van der Waals surface area contributed by atoms with Crippen LogP contribution >= 0.6 is 0 Å². The van der Waals surface area contributed by atoms with Crippen molar-refractivity contribution in [3.05, 3.63) is 59.7 Å². The monoisotopic (exact) mass is 689 g/mol. The van der Waals surface area contributed by atoms with Crippen LogP contribution in [0.3, 0.4) is 0 Å². The van der Waals surface area contributed by atoms with Gasteiger partial charge in [-0.1, -0.05) is 152 Å². The largest absolute Gasteiger partial charge is 0.352 e. The van der Waals surface area contributed by atoms with E-state index in [1.807, 2.05) is 0 Å². The first-order valence-electron chi connectivity index (χ1n) is 21.3. The van der Waals surface area contributed by atoms with Crippen LogP contribution in [0.2, 0.25) is 0 Å². The summed E-state index contributed by atoms with van der Waals surface area (Å²) in [7, 11) is 0. The number of ether oxygens (including phenoxy) is 4. The molecule has 3 fully saturated rings. The first kappa shape index (κ1) is 39.5. The average molecular weight is 689 g/mol. The molecule has 0 N–H and O–H groups in total. The number of rotatable bonds is 20. The van der Waals surface area contributed by atoms with Crippen molar-refractivity contribution in [2.45, 2.75) is 187 Å². The van der Waals surface area contributed by atoms with Crippen LogP contribution < -0.4 is 0 Å². The minimum absolute atomic E-state index is 0.00875. The van der Waals surface area contributed by atoms with Gasteiger partial charge in [-0.2, -0.15) is 0 Å². The van der Waals surface area contributed by atoms with Gasteiger partial charge in [0.25, 0.3) is 0 Å². The molecule has 5 rings (SSSR count). The summed E-state index contributed by atoms with van der Waals surface area (Å²) < 4.78 is 25.5. The van der Waals surface area contributed by atoms with Crippen LogP contribution in [-0.4, -0.2) is 31.7 Å². The molecule has 3 aliphatic rings. The molecule has 6 atom stereocenters. The van der Waals surface area contributed by atoms with E-state index in [1.165, 1.54) is 145 Å². The van der Waals surface area contributed by atoms with E-state index in [0.717, 1.165) is 18.8 Å². The molecule has 4 heteroatoms. The molecule has 2 aromatic rings. The van der Waals surface area contributed by atoms with Crippen LogP contribution in [0, 0.1) is 17.8 Å². The highest BCUT2D eigenvalue weighted by molar-refractivity contribution is 5.64. The number of hydrogen-bond acceptors (Lipinski definition) is 4. The topological polar surface area (TPSA) is 36.9 Å². The molecular weight excluding hydrogens is 617 g/mol. The van der Waals surface area contributed by atoms with E-state index in [4.69, 9.17) is 18.9 Å². The van der Waals surface area contributed by atoms with Crippen molar-refractivity contribution in [2.24, 2.45) is 17.8 Å². The summed E-state index contributed by atoms with van der Waals surface area (Å²) in [5, 5.41) is 0. The molecule has 1 aliphatic carbocycles. The van der Waals surface area contributed by atoms with E-state index in [-0.39, 0.29) is 18.7 Å². The molecule has 0 aromatic heterocycles. The molecule has 2 heterocycles. The van der Waals surface area contributed by atoms with E-state index >= 15 is 0 Å². The van der Waals surface area contributed by atoms with Crippen LogP contribution in [0.4, 0.5) is 0 Å². The SMILES string of the molecule is CCCCCCCCC[C@@H]1CO[C@@H](c2ccc(-c3ccc(C4CCC([C@@H]5OC[C@@H](CCCCCCCCC)[C@H](C)O5)CC4)cc3)cc2)OC1C. The second-order valence-electron chi connectivity index (χ2n) is 16.2.